The van der Waals surface area contributed by atoms with Gasteiger partial charge in [0.2, 0.25) is 0 Å². The molecule has 0 unspecified atom stereocenters. The Labute approximate surface area is 208 Å². The Morgan fingerprint density at radius 1 is 0.750 bits per heavy atom. The van der Waals surface area contributed by atoms with Gasteiger partial charge >= 0.3 is 11.9 Å². The van der Waals surface area contributed by atoms with Crippen molar-refractivity contribution in [2.45, 2.75) is 6.92 Å². The summed E-state index contributed by atoms with van der Waals surface area (Å²) in [4.78, 5) is 22.3. The Kier molecular flexibility index (Phi) is 8.94. The second-order valence-corrected chi connectivity index (χ2v) is 7.35. The first-order valence-corrected chi connectivity index (χ1v) is 10.7. The van der Waals surface area contributed by atoms with Gasteiger partial charge in [-0.05, 0) is 53.9 Å². The number of hydrogen-bond acceptors (Lipinski definition) is 6. The van der Waals surface area contributed by atoms with Crippen molar-refractivity contribution in [2.24, 2.45) is 0 Å². The molecular weight excluding hydrogens is 463 g/mol. The summed E-state index contributed by atoms with van der Waals surface area (Å²) in [5, 5.41) is 0. The van der Waals surface area contributed by atoms with E-state index >= 15 is 0 Å². The number of rotatable bonds is 10. The van der Waals surface area contributed by atoms with Crippen molar-refractivity contribution in [3.63, 3.8) is 0 Å². The van der Waals surface area contributed by atoms with Crippen LogP contribution < -0.4 is 9.47 Å². The molecule has 0 saturated heterocycles. The second-order valence-electron chi connectivity index (χ2n) is 7.35. The van der Waals surface area contributed by atoms with Crippen LogP contribution in [0.15, 0.2) is 117 Å². The first-order chi connectivity index (χ1) is 17.4. The highest BCUT2D eigenvalue weighted by molar-refractivity contribution is 5.87. The Morgan fingerprint density at radius 2 is 1.28 bits per heavy atom. The zero-order valence-electron chi connectivity index (χ0n) is 19.5. The molecule has 6 nitrogen and oxygen atoms in total. The molecule has 0 amide bonds. The van der Waals surface area contributed by atoms with E-state index in [2.05, 4.69) is 17.9 Å². The molecule has 182 valence electrons. The maximum atomic E-state index is 14.9. The van der Waals surface area contributed by atoms with E-state index in [1.54, 1.807) is 61.5 Å². The van der Waals surface area contributed by atoms with E-state index in [4.69, 9.17) is 14.2 Å². The Bertz CT molecular complexity index is 1300. The van der Waals surface area contributed by atoms with Gasteiger partial charge in [-0.15, -0.1) is 0 Å². The lowest BCUT2D eigenvalue weighted by atomic mass is 9.99. The van der Waals surface area contributed by atoms with E-state index < -0.39 is 11.9 Å². The van der Waals surface area contributed by atoms with Gasteiger partial charge in [0, 0.05) is 17.2 Å². The fourth-order valence-corrected chi connectivity index (χ4v) is 2.91. The highest BCUT2D eigenvalue weighted by atomic mass is 19.1. The van der Waals surface area contributed by atoms with E-state index in [-0.39, 0.29) is 11.4 Å². The van der Waals surface area contributed by atoms with Gasteiger partial charge < -0.3 is 18.9 Å². The van der Waals surface area contributed by atoms with Crippen molar-refractivity contribution in [2.75, 3.05) is 0 Å². The van der Waals surface area contributed by atoms with Crippen molar-refractivity contribution in [3.05, 3.63) is 122 Å². The van der Waals surface area contributed by atoms with Gasteiger partial charge in [0.1, 0.15) is 42.4 Å². The van der Waals surface area contributed by atoms with Crippen LogP contribution in [0.3, 0.4) is 0 Å². The van der Waals surface area contributed by atoms with Gasteiger partial charge in [0.15, 0.2) is 0 Å². The molecule has 0 N–H and O–H groups in total. The molecule has 3 rings (SSSR count). The summed E-state index contributed by atoms with van der Waals surface area (Å²) >= 11 is 0. The van der Waals surface area contributed by atoms with Gasteiger partial charge in [-0.25, -0.2) is 14.0 Å². The lowest BCUT2D eigenvalue weighted by Crippen LogP contribution is -1.99. The lowest BCUT2D eigenvalue weighted by molar-refractivity contribution is -0.134. The molecule has 0 fully saturated rings. The zero-order chi connectivity index (χ0) is 25.9. The number of carbonyl (C=O) groups is 2. The van der Waals surface area contributed by atoms with Crippen LogP contribution in [-0.2, 0) is 19.1 Å². The molecule has 0 saturated carbocycles. The van der Waals surface area contributed by atoms with E-state index in [1.807, 2.05) is 6.07 Å². The van der Waals surface area contributed by atoms with Crippen LogP contribution in [0.5, 0.6) is 11.5 Å². The molecule has 0 radical (unpaired) electrons. The Morgan fingerprint density at radius 3 is 1.81 bits per heavy atom. The largest absolute Gasteiger partial charge is 0.462 e. The minimum atomic E-state index is -0.593. The van der Waals surface area contributed by atoms with Crippen molar-refractivity contribution in [3.8, 4) is 33.8 Å². The number of halogens is 1. The summed E-state index contributed by atoms with van der Waals surface area (Å²) in [6.45, 7) is 8.32. The summed E-state index contributed by atoms with van der Waals surface area (Å²) in [5.74, 6) is -0.493. The lowest BCUT2D eigenvalue weighted by Gasteiger charge is -2.09. The van der Waals surface area contributed by atoms with Gasteiger partial charge in [-0.3, -0.25) is 0 Å². The molecule has 0 spiro atoms. The van der Waals surface area contributed by atoms with E-state index in [1.165, 1.54) is 18.6 Å². The predicted molar refractivity (Wildman–Crippen MR) is 134 cm³/mol. The maximum Gasteiger partial charge on any atom is 0.338 e. The summed E-state index contributed by atoms with van der Waals surface area (Å²) in [6, 6.07) is 18.8. The van der Waals surface area contributed by atoms with Gasteiger partial charge in [-0.1, -0.05) is 49.6 Å². The third kappa shape index (κ3) is 7.30. The SMILES string of the molecule is C=CC(=O)OC=COc1ccc(-c2ccc(-c3ccc(OC=COC(=O)C(=C)C)cc3)cc2F)cc1. The monoisotopic (exact) mass is 486 g/mol. The van der Waals surface area contributed by atoms with E-state index in [0.29, 0.717) is 28.2 Å². The Balaban J connectivity index is 1.62. The third-order valence-electron chi connectivity index (χ3n) is 4.72. The van der Waals surface area contributed by atoms with Gasteiger partial charge in [0.05, 0.1) is 0 Å². The third-order valence-corrected chi connectivity index (χ3v) is 4.72. The van der Waals surface area contributed by atoms with Crippen molar-refractivity contribution in [1.82, 2.24) is 0 Å². The van der Waals surface area contributed by atoms with Crippen LogP contribution in [0.2, 0.25) is 0 Å². The number of carbonyl (C=O) groups excluding carboxylic acids is 2. The average molecular weight is 486 g/mol. The number of benzene rings is 3. The fourth-order valence-electron chi connectivity index (χ4n) is 2.91. The van der Waals surface area contributed by atoms with Gasteiger partial charge in [-0.2, -0.15) is 0 Å². The number of hydrogen-bond donors (Lipinski definition) is 0. The number of ether oxygens (including phenoxy) is 4. The summed E-state index contributed by atoms with van der Waals surface area (Å²) in [5.41, 5.74) is 2.91. The minimum absolute atomic E-state index is 0.284. The highest BCUT2D eigenvalue weighted by Gasteiger charge is 2.08. The van der Waals surface area contributed by atoms with Gasteiger partial charge in [0.25, 0.3) is 0 Å². The first-order valence-electron chi connectivity index (χ1n) is 10.7. The topological polar surface area (TPSA) is 71.1 Å². The predicted octanol–water partition coefficient (Wildman–Crippen LogP) is 6.71. The smallest absolute Gasteiger partial charge is 0.338 e. The number of esters is 2. The highest BCUT2D eigenvalue weighted by Crippen LogP contribution is 2.30. The van der Waals surface area contributed by atoms with Crippen molar-refractivity contribution in [1.29, 1.82) is 0 Å². The van der Waals surface area contributed by atoms with Crippen LogP contribution in [0.4, 0.5) is 4.39 Å². The molecule has 0 aromatic heterocycles. The quantitative estimate of drug-likeness (QED) is 0.180. The molecule has 36 heavy (non-hydrogen) atoms. The molecule has 0 aliphatic heterocycles. The maximum absolute atomic E-state index is 14.9. The standard InChI is InChI=1S/C29H23FO6/c1-4-28(31)35-17-15-33-25-12-7-22(8-13-25)26-14-9-23(19-27(26)30)21-5-10-24(11-6-21)34-16-18-36-29(32)20(2)3/h4-19H,1-2H2,3H3. The van der Waals surface area contributed by atoms with Crippen molar-refractivity contribution >= 4 is 11.9 Å². The molecule has 3 aromatic carbocycles. The zero-order valence-corrected chi connectivity index (χ0v) is 19.5. The van der Waals surface area contributed by atoms with Crippen LogP contribution in [0, 0.1) is 5.82 Å². The van der Waals surface area contributed by atoms with Crippen molar-refractivity contribution < 1.29 is 32.9 Å². The van der Waals surface area contributed by atoms with E-state index in [9.17, 15) is 14.0 Å². The fraction of sp³-hybridized carbons (Fsp3) is 0.0345. The minimum Gasteiger partial charge on any atom is -0.462 e. The molecule has 0 heterocycles. The van der Waals surface area contributed by atoms with Crippen LogP contribution >= 0.6 is 0 Å². The Hall–Kier alpha value is -4.91. The molecule has 0 bridgehead atoms. The first kappa shape index (κ1) is 25.7. The molecule has 0 aliphatic rings. The second kappa shape index (κ2) is 12.5. The van der Waals surface area contributed by atoms with Crippen LogP contribution in [-0.4, -0.2) is 11.9 Å². The summed E-state index contributed by atoms with van der Waals surface area (Å²) in [7, 11) is 0. The van der Waals surface area contributed by atoms with Crippen LogP contribution in [0.1, 0.15) is 6.92 Å². The molecule has 0 aliphatic carbocycles. The van der Waals surface area contributed by atoms with E-state index in [0.717, 1.165) is 24.2 Å². The molecule has 0 atom stereocenters. The normalized spacial score (nSPS) is 10.7. The molecular formula is C29H23FO6. The molecule has 7 heteroatoms. The molecule has 3 aromatic rings. The summed E-state index contributed by atoms with van der Waals surface area (Å²) < 4.78 is 35.1. The van der Waals surface area contributed by atoms with Crippen LogP contribution in [0.25, 0.3) is 22.3 Å². The average Bonchev–Trinajstić information content (AvgIpc) is 2.89. The summed E-state index contributed by atoms with van der Waals surface area (Å²) in [6.07, 6.45) is 5.74.